The quantitative estimate of drug-likeness (QED) is 0.0211. The van der Waals surface area contributed by atoms with Crippen LogP contribution in [0, 0.1) is 0 Å². The molecule has 0 spiro atoms. The third-order valence-electron chi connectivity index (χ3n) is 9.44. The fourth-order valence-corrected chi connectivity index (χ4v) is 8.04. The van der Waals surface area contributed by atoms with Gasteiger partial charge in [0, 0.05) is 60.6 Å². The molecule has 0 radical (unpaired) electrons. The predicted octanol–water partition coefficient (Wildman–Crippen LogP) is 2.24. The van der Waals surface area contributed by atoms with Crippen molar-refractivity contribution in [3.63, 3.8) is 0 Å². The van der Waals surface area contributed by atoms with Gasteiger partial charge in [-0.2, -0.15) is 0 Å². The van der Waals surface area contributed by atoms with Gasteiger partial charge in [-0.3, -0.25) is 43.2 Å². The summed E-state index contributed by atoms with van der Waals surface area (Å²) in [6.07, 6.45) is -2.92. The second-order valence-corrected chi connectivity index (χ2v) is 17.2. The van der Waals surface area contributed by atoms with Crippen LogP contribution in [-0.2, 0) is 71.6 Å². The van der Waals surface area contributed by atoms with Crippen LogP contribution in [0.5, 0.6) is 0 Å². The van der Waals surface area contributed by atoms with Crippen LogP contribution in [-0.4, -0.2) is 142 Å². The molecule has 0 aliphatic heterocycles. The molecule has 2 rings (SSSR count). The summed E-state index contributed by atoms with van der Waals surface area (Å²) < 4.78 is 26.4. The maximum atomic E-state index is 13.8. The van der Waals surface area contributed by atoms with Crippen LogP contribution in [0.3, 0.4) is 0 Å². The van der Waals surface area contributed by atoms with Crippen LogP contribution in [0.4, 0.5) is 5.95 Å². The van der Waals surface area contributed by atoms with Gasteiger partial charge >= 0.3 is 29.8 Å². The molecule has 4 atom stereocenters. The third kappa shape index (κ3) is 19.1. The van der Waals surface area contributed by atoms with E-state index in [9.17, 15) is 47.9 Å². The zero-order chi connectivity index (χ0) is 49.5. The Balaban J connectivity index is 2.13. The number of aromatic nitrogens is 2. The van der Waals surface area contributed by atoms with Gasteiger partial charge in [0.05, 0.1) is 50.0 Å². The number of hydrogen-bond donors (Lipinski definition) is 7. The zero-order valence-corrected chi connectivity index (χ0v) is 42.9. The van der Waals surface area contributed by atoms with Crippen molar-refractivity contribution in [3.8, 4) is 0 Å². The summed E-state index contributed by atoms with van der Waals surface area (Å²) in [5, 5.41) is 15.6. The first-order valence-electron chi connectivity index (χ1n) is 20.1. The molecule has 0 bridgehead atoms. The topological polar surface area (TPSA) is 318 Å². The number of aromatic amines is 1. The molecule has 1 heterocycles. The van der Waals surface area contributed by atoms with Gasteiger partial charge in [0.2, 0.25) is 35.5 Å². The van der Waals surface area contributed by atoms with Crippen LogP contribution in [0.25, 0.3) is 11.0 Å². The zero-order valence-electron chi connectivity index (χ0n) is 36.6. The predicted molar refractivity (Wildman–Crippen MR) is 247 cm³/mol. The number of nitrogens with one attached hydrogen (secondary N) is 7. The minimum absolute atomic E-state index is 0.248. The number of esters is 5. The number of rotatable bonds is 28. The number of fused-ring (bicyclic) bond motifs is 1. The molecule has 0 fully saturated rings. The molecule has 366 valence electrons. The molecule has 1 aromatic heterocycles. The molecule has 0 unspecified atom stereocenters. The molecule has 5 amide bonds. The van der Waals surface area contributed by atoms with E-state index in [2.05, 4.69) is 125 Å². The smallest absolute Gasteiger partial charge is 0.328 e. The number of halogens is 4. The summed E-state index contributed by atoms with van der Waals surface area (Å²) in [6.45, 7) is 0.688. The molecule has 66 heavy (non-hydrogen) atoms. The van der Waals surface area contributed by atoms with Gasteiger partial charge in [-0.15, -0.1) is 0 Å². The fourth-order valence-electron chi connectivity index (χ4n) is 5.76. The number of benzene rings is 1. The van der Waals surface area contributed by atoms with Gasteiger partial charge in [-0.25, -0.2) is 9.78 Å². The van der Waals surface area contributed by atoms with Crippen molar-refractivity contribution in [1.82, 2.24) is 36.6 Å². The normalized spacial score (nSPS) is 12.6. The molecular weight excluding hydrogens is 1140 g/mol. The molecular formula is C39H52Br4N8O15. The molecule has 0 saturated carbocycles. The van der Waals surface area contributed by atoms with Gasteiger partial charge in [0.15, 0.2) is 0 Å². The Kier molecular flexibility index (Phi) is 25.7. The summed E-state index contributed by atoms with van der Waals surface area (Å²) in [5.41, 5.74) is 1.44. The number of nitrogens with zero attached hydrogens (tertiary/aromatic N) is 1. The van der Waals surface area contributed by atoms with E-state index in [-0.39, 0.29) is 51.5 Å². The van der Waals surface area contributed by atoms with Gasteiger partial charge < -0.3 is 60.6 Å². The highest BCUT2D eigenvalue weighted by Gasteiger charge is 2.33. The summed E-state index contributed by atoms with van der Waals surface area (Å²) >= 11 is 14.1. The van der Waals surface area contributed by atoms with E-state index in [4.69, 9.17) is 4.74 Å². The number of amides is 5. The Hall–Kier alpha value is -4.89. The van der Waals surface area contributed by atoms with Crippen molar-refractivity contribution >= 4 is 140 Å². The number of methoxy groups -OCH3 is 5. The van der Waals surface area contributed by atoms with E-state index < -0.39 is 103 Å². The Morgan fingerprint density at radius 3 is 1.36 bits per heavy atom. The lowest BCUT2D eigenvalue weighted by Crippen LogP contribution is -2.58. The molecule has 23 nitrogen and oxygen atoms in total. The Morgan fingerprint density at radius 1 is 0.500 bits per heavy atom. The van der Waals surface area contributed by atoms with Crippen molar-refractivity contribution in [2.45, 2.75) is 94.8 Å². The third-order valence-corrected chi connectivity index (χ3v) is 14.2. The van der Waals surface area contributed by atoms with E-state index in [1.807, 2.05) is 0 Å². The van der Waals surface area contributed by atoms with E-state index >= 15 is 0 Å². The number of anilines is 1. The summed E-state index contributed by atoms with van der Waals surface area (Å²) in [5.74, 6) is -7.58. The minimum Gasteiger partial charge on any atom is -0.469 e. The lowest BCUT2D eigenvalue weighted by atomic mass is 10.0. The Labute approximate surface area is 412 Å². The van der Waals surface area contributed by atoms with Gasteiger partial charge in [-0.05, 0) is 95.8 Å². The number of carbonyl (C=O) groups is 10. The maximum Gasteiger partial charge on any atom is 0.328 e. The van der Waals surface area contributed by atoms with Crippen LogP contribution < -0.4 is 31.9 Å². The fraction of sp³-hybridized carbons (Fsp3) is 0.564. The highest BCUT2D eigenvalue weighted by Crippen LogP contribution is 2.42. The number of carbonyl (C=O) groups excluding carboxylic acids is 10. The second kappa shape index (κ2) is 29.7. The molecule has 0 saturated heterocycles. The van der Waals surface area contributed by atoms with Gasteiger partial charge in [-0.1, -0.05) is 0 Å². The lowest BCUT2D eigenvalue weighted by molar-refractivity contribution is -0.147. The Morgan fingerprint density at radius 2 is 0.909 bits per heavy atom. The highest BCUT2D eigenvalue weighted by molar-refractivity contribution is 9.15. The first kappa shape index (κ1) is 57.2. The maximum absolute atomic E-state index is 13.8. The van der Waals surface area contributed by atoms with Crippen LogP contribution >= 0.6 is 63.7 Å². The van der Waals surface area contributed by atoms with Crippen molar-refractivity contribution in [2.75, 3.05) is 54.0 Å². The molecule has 0 aliphatic rings. The molecule has 1 aromatic carbocycles. The average molecular weight is 1190 g/mol. The number of H-pyrrole nitrogens is 1. The monoisotopic (exact) mass is 1190 g/mol. The Bertz CT molecular complexity index is 2040. The van der Waals surface area contributed by atoms with E-state index in [1.165, 1.54) is 0 Å². The average Bonchev–Trinajstić information content (AvgIpc) is 3.75. The number of ether oxygens (including phenoxy) is 5. The molecule has 2 aromatic rings. The first-order valence-corrected chi connectivity index (χ1v) is 23.2. The largest absolute Gasteiger partial charge is 0.469 e. The van der Waals surface area contributed by atoms with Crippen molar-refractivity contribution in [1.29, 1.82) is 0 Å². The molecule has 7 N–H and O–H groups in total. The van der Waals surface area contributed by atoms with Gasteiger partial charge in [0.1, 0.15) is 29.7 Å². The van der Waals surface area contributed by atoms with Crippen LogP contribution in [0.1, 0.15) is 70.6 Å². The van der Waals surface area contributed by atoms with E-state index in [0.29, 0.717) is 24.4 Å². The van der Waals surface area contributed by atoms with Crippen molar-refractivity contribution in [2.24, 2.45) is 0 Å². The number of imidazole rings is 1. The van der Waals surface area contributed by atoms with Crippen LogP contribution in [0.15, 0.2) is 17.9 Å². The molecule has 27 heteroatoms. The summed E-state index contributed by atoms with van der Waals surface area (Å²) in [4.78, 5) is 135. The van der Waals surface area contributed by atoms with E-state index in [0.717, 1.165) is 59.0 Å². The number of hydrogen-bond acceptors (Lipinski definition) is 17. The van der Waals surface area contributed by atoms with Crippen LogP contribution in [0.2, 0.25) is 0 Å². The van der Waals surface area contributed by atoms with Gasteiger partial charge in [0.25, 0.3) is 0 Å². The minimum atomic E-state index is -1.58. The summed E-state index contributed by atoms with van der Waals surface area (Å²) in [7, 11) is 5.49. The van der Waals surface area contributed by atoms with Crippen molar-refractivity contribution < 1.29 is 71.6 Å². The highest BCUT2D eigenvalue weighted by atomic mass is 79.9. The summed E-state index contributed by atoms with van der Waals surface area (Å²) in [6, 6.07) is -5.98. The SMILES string of the molecule is COC(=O)CC[C@H](NC(=O)CCC(=O)NCCCNc1nc2c(Br)c(Br)c(Br)c(Br)c2[nH]1)C(=O)N[C@@H](CCC(=O)OC)C(=O)N[C@@H](CCC(=O)OC)C(=O)N[C@@H](CCC(=O)OC)C(=O)OC. The van der Waals surface area contributed by atoms with Crippen molar-refractivity contribution in [3.05, 3.63) is 17.9 Å². The van der Waals surface area contributed by atoms with E-state index in [1.54, 1.807) is 0 Å². The molecule has 0 aliphatic carbocycles. The lowest BCUT2D eigenvalue weighted by Gasteiger charge is -2.26. The standard InChI is InChI=1S/C39H52Br4N8O15/c1-62-25(54)13-7-19(46-24(53)12-11-23(52)44-17-6-18-45-39-50-33-31(42)29(40)30(41)32(43)34(33)51-39)35(58)47-20(8-14-26(55)63-2)36(59)48-21(9-15-27(56)64-3)37(60)49-22(38(61)66-5)10-16-28(57)65-4/h19-22H,6-18H2,1-5H3,(H,44,52)(H,46,53)(H,47,58)(H,48,59)(H,49,60)(H2,45,50,51)/t19-,20-,21-,22-/m0/s1. The first-order chi connectivity index (χ1) is 31.3. The second-order valence-electron chi connectivity index (χ2n) is 14.0.